The molecule has 1 aromatic rings. The van der Waals surface area contributed by atoms with Crippen molar-refractivity contribution in [2.75, 3.05) is 18.4 Å². The number of nitrogens with zero attached hydrogens (tertiary/aromatic N) is 2. The van der Waals surface area contributed by atoms with Gasteiger partial charge in [0.1, 0.15) is 6.54 Å². The van der Waals surface area contributed by atoms with Gasteiger partial charge in [0, 0.05) is 19.2 Å². The Balaban J connectivity index is 2.23. The van der Waals surface area contributed by atoms with Gasteiger partial charge in [-0.3, -0.25) is 9.59 Å². The first-order chi connectivity index (χ1) is 8.20. The van der Waals surface area contributed by atoms with Crippen molar-refractivity contribution in [3.63, 3.8) is 0 Å². The number of aromatic nitrogens is 2. The van der Waals surface area contributed by atoms with E-state index in [1.165, 1.54) is 10.7 Å². The number of aryl methyl sites for hydroxylation is 1. The molecule has 2 rings (SSSR count). The van der Waals surface area contributed by atoms with E-state index in [1.54, 1.807) is 0 Å². The highest BCUT2D eigenvalue weighted by molar-refractivity contribution is 5.75. The Morgan fingerprint density at radius 1 is 1.65 bits per heavy atom. The van der Waals surface area contributed by atoms with Gasteiger partial charge >= 0.3 is 0 Å². The van der Waals surface area contributed by atoms with Gasteiger partial charge in [-0.15, -0.1) is 0 Å². The molecule has 0 unspecified atom stereocenters. The van der Waals surface area contributed by atoms with Crippen LogP contribution in [-0.4, -0.2) is 28.8 Å². The molecule has 6 heteroatoms. The zero-order valence-electron chi connectivity index (χ0n) is 9.82. The van der Waals surface area contributed by atoms with Crippen LogP contribution in [0.15, 0.2) is 10.9 Å². The summed E-state index contributed by atoms with van der Waals surface area (Å²) in [7, 11) is 0. The van der Waals surface area contributed by atoms with Crippen LogP contribution in [0.25, 0.3) is 0 Å². The second-order valence-electron chi connectivity index (χ2n) is 3.98. The third-order valence-corrected chi connectivity index (χ3v) is 2.65. The van der Waals surface area contributed by atoms with Crippen molar-refractivity contribution in [3.05, 3.63) is 22.1 Å². The van der Waals surface area contributed by atoms with Crippen LogP contribution in [0.3, 0.4) is 0 Å². The van der Waals surface area contributed by atoms with Gasteiger partial charge in [0.2, 0.25) is 5.91 Å². The van der Waals surface area contributed by atoms with Crippen LogP contribution in [0, 0.1) is 0 Å². The predicted octanol–water partition coefficient (Wildman–Crippen LogP) is -0.262. The predicted molar refractivity (Wildman–Crippen MR) is 64.0 cm³/mol. The smallest absolute Gasteiger partial charge is 0.269 e. The van der Waals surface area contributed by atoms with E-state index in [-0.39, 0.29) is 18.0 Å². The molecule has 1 amide bonds. The molecule has 1 aliphatic heterocycles. The van der Waals surface area contributed by atoms with Crippen LogP contribution < -0.4 is 16.2 Å². The lowest BCUT2D eigenvalue weighted by Gasteiger charge is -2.17. The lowest BCUT2D eigenvalue weighted by atomic mass is 10.1. The van der Waals surface area contributed by atoms with Crippen molar-refractivity contribution in [2.45, 2.75) is 26.3 Å². The van der Waals surface area contributed by atoms with Gasteiger partial charge in [-0.05, 0) is 19.8 Å². The molecule has 0 aromatic carbocycles. The molecular weight excluding hydrogens is 220 g/mol. The van der Waals surface area contributed by atoms with Crippen LogP contribution in [-0.2, 0) is 17.8 Å². The number of hydrogen-bond donors (Lipinski definition) is 2. The molecule has 0 atom stereocenters. The molecular formula is C11H16N4O2. The summed E-state index contributed by atoms with van der Waals surface area (Å²) < 4.78 is 1.22. The Hall–Kier alpha value is -1.85. The fraction of sp³-hybridized carbons (Fsp3) is 0.545. The average molecular weight is 236 g/mol. The molecule has 0 saturated heterocycles. The number of amides is 1. The van der Waals surface area contributed by atoms with Crippen LogP contribution in [0.1, 0.15) is 19.0 Å². The molecule has 0 spiro atoms. The summed E-state index contributed by atoms with van der Waals surface area (Å²) in [4.78, 5) is 23.1. The van der Waals surface area contributed by atoms with Gasteiger partial charge in [0.25, 0.3) is 5.56 Å². The maximum absolute atomic E-state index is 11.7. The van der Waals surface area contributed by atoms with E-state index in [4.69, 9.17) is 0 Å². The summed E-state index contributed by atoms with van der Waals surface area (Å²) >= 11 is 0. The second-order valence-corrected chi connectivity index (χ2v) is 3.98. The molecule has 0 radical (unpaired) electrons. The number of likely N-dealkylation sites (N-methyl/N-ethyl adjacent to an activating group) is 1. The number of fused-ring (bicyclic) bond motifs is 1. The third-order valence-electron chi connectivity index (χ3n) is 2.65. The SMILES string of the molecule is CCNC(=O)Cn1nc2c(cc1=O)NCCC2. The average Bonchev–Trinajstić information content (AvgIpc) is 2.30. The van der Waals surface area contributed by atoms with Gasteiger partial charge in [0.15, 0.2) is 0 Å². The van der Waals surface area contributed by atoms with E-state index in [2.05, 4.69) is 15.7 Å². The molecule has 92 valence electrons. The molecule has 2 N–H and O–H groups in total. The zero-order chi connectivity index (χ0) is 12.3. The quantitative estimate of drug-likeness (QED) is 0.758. The van der Waals surface area contributed by atoms with Crippen molar-refractivity contribution in [2.24, 2.45) is 0 Å². The van der Waals surface area contributed by atoms with Crippen LogP contribution in [0.5, 0.6) is 0 Å². The largest absolute Gasteiger partial charge is 0.383 e. The normalized spacial score (nSPS) is 13.7. The maximum Gasteiger partial charge on any atom is 0.269 e. The van der Waals surface area contributed by atoms with E-state index in [9.17, 15) is 9.59 Å². The minimum atomic E-state index is -0.246. The number of anilines is 1. The van der Waals surface area contributed by atoms with Crippen molar-refractivity contribution < 1.29 is 4.79 Å². The van der Waals surface area contributed by atoms with Crippen molar-refractivity contribution >= 4 is 11.6 Å². The van der Waals surface area contributed by atoms with Crippen LogP contribution >= 0.6 is 0 Å². The lowest BCUT2D eigenvalue weighted by molar-refractivity contribution is -0.121. The van der Waals surface area contributed by atoms with Gasteiger partial charge in [0.05, 0.1) is 11.4 Å². The van der Waals surface area contributed by atoms with Crippen LogP contribution in [0.2, 0.25) is 0 Å². The molecule has 1 aromatic heterocycles. The van der Waals surface area contributed by atoms with Gasteiger partial charge < -0.3 is 10.6 Å². The van der Waals surface area contributed by atoms with Gasteiger partial charge in [-0.1, -0.05) is 0 Å². The topological polar surface area (TPSA) is 76.0 Å². The Bertz CT molecular complexity index is 481. The van der Waals surface area contributed by atoms with E-state index < -0.39 is 0 Å². The maximum atomic E-state index is 11.7. The van der Waals surface area contributed by atoms with E-state index in [0.717, 1.165) is 30.8 Å². The van der Waals surface area contributed by atoms with Crippen molar-refractivity contribution in [1.82, 2.24) is 15.1 Å². The number of carbonyl (C=O) groups excluding carboxylic acids is 1. The number of carbonyl (C=O) groups is 1. The summed E-state index contributed by atoms with van der Waals surface area (Å²) in [5, 5.41) is 10.00. The molecule has 0 bridgehead atoms. The highest BCUT2D eigenvalue weighted by Crippen LogP contribution is 2.16. The Morgan fingerprint density at radius 3 is 3.24 bits per heavy atom. The monoisotopic (exact) mass is 236 g/mol. The first kappa shape index (κ1) is 11.6. The second kappa shape index (κ2) is 4.99. The highest BCUT2D eigenvalue weighted by atomic mass is 16.2. The van der Waals surface area contributed by atoms with Crippen molar-refractivity contribution in [1.29, 1.82) is 0 Å². The van der Waals surface area contributed by atoms with E-state index >= 15 is 0 Å². The summed E-state index contributed by atoms with van der Waals surface area (Å²) in [6.45, 7) is 3.25. The van der Waals surface area contributed by atoms with E-state index in [0.29, 0.717) is 6.54 Å². The number of nitrogens with one attached hydrogen (secondary N) is 2. The molecule has 1 aliphatic rings. The van der Waals surface area contributed by atoms with Crippen LogP contribution in [0.4, 0.5) is 5.69 Å². The Morgan fingerprint density at radius 2 is 2.47 bits per heavy atom. The zero-order valence-corrected chi connectivity index (χ0v) is 9.82. The summed E-state index contributed by atoms with van der Waals surface area (Å²) in [6.07, 6.45) is 1.84. The first-order valence-corrected chi connectivity index (χ1v) is 5.82. The minimum Gasteiger partial charge on any atom is -0.383 e. The van der Waals surface area contributed by atoms with Gasteiger partial charge in [-0.25, -0.2) is 4.68 Å². The number of hydrogen-bond acceptors (Lipinski definition) is 4. The Kier molecular flexibility index (Phi) is 3.41. The summed E-state index contributed by atoms with van der Waals surface area (Å²) in [6, 6.07) is 1.51. The lowest BCUT2D eigenvalue weighted by Crippen LogP contribution is -2.34. The summed E-state index contributed by atoms with van der Waals surface area (Å²) in [5.74, 6) is -0.189. The summed E-state index contributed by atoms with van der Waals surface area (Å²) in [5.41, 5.74) is 1.41. The number of rotatable bonds is 3. The highest BCUT2D eigenvalue weighted by Gasteiger charge is 2.13. The molecule has 0 fully saturated rings. The minimum absolute atomic E-state index is 0.0139. The molecule has 0 saturated carbocycles. The van der Waals surface area contributed by atoms with E-state index in [1.807, 2.05) is 6.92 Å². The molecule has 2 heterocycles. The Labute approximate surface area is 99.0 Å². The fourth-order valence-electron chi connectivity index (χ4n) is 1.85. The van der Waals surface area contributed by atoms with Gasteiger partial charge in [-0.2, -0.15) is 5.10 Å². The molecule has 17 heavy (non-hydrogen) atoms. The fourth-order valence-corrected chi connectivity index (χ4v) is 1.85. The molecule has 0 aliphatic carbocycles. The third kappa shape index (κ3) is 2.64. The van der Waals surface area contributed by atoms with Crippen molar-refractivity contribution in [3.8, 4) is 0 Å². The molecule has 6 nitrogen and oxygen atoms in total. The standard InChI is InChI=1S/C11H16N4O2/c1-2-12-10(16)7-15-11(17)6-9-8(14-15)4-3-5-13-9/h6,13H,2-5,7H2,1H3,(H,12,16). The first-order valence-electron chi connectivity index (χ1n) is 5.82.